The molecule has 1 N–H and O–H groups in total. The van der Waals surface area contributed by atoms with Crippen LogP contribution in [0.5, 0.6) is 0 Å². The molecule has 0 radical (unpaired) electrons. The summed E-state index contributed by atoms with van der Waals surface area (Å²) in [6.45, 7) is 0. The maximum Gasteiger partial charge on any atom is 0.217 e. The Labute approximate surface area is 82.1 Å². The van der Waals surface area contributed by atoms with Crippen molar-refractivity contribution < 1.29 is 4.39 Å². The van der Waals surface area contributed by atoms with Gasteiger partial charge in [0.25, 0.3) is 0 Å². The number of H-pyrrole nitrogens is 1. The SMILES string of the molecule is Fc1cccc(-c2nc(Br)n[nH]2)c1. The summed E-state index contributed by atoms with van der Waals surface area (Å²) in [5.41, 5.74) is 0.679. The average Bonchev–Trinajstić information content (AvgIpc) is 2.52. The van der Waals surface area contributed by atoms with Crippen molar-refractivity contribution in [2.45, 2.75) is 0 Å². The van der Waals surface area contributed by atoms with Crippen LogP contribution in [0.15, 0.2) is 29.0 Å². The Morgan fingerprint density at radius 1 is 1.38 bits per heavy atom. The number of aromatic amines is 1. The van der Waals surface area contributed by atoms with Gasteiger partial charge in [0.15, 0.2) is 5.82 Å². The molecule has 0 fully saturated rings. The second-order valence-corrected chi connectivity index (χ2v) is 3.17. The fourth-order valence-corrected chi connectivity index (χ4v) is 1.27. The third-order valence-corrected chi connectivity index (χ3v) is 1.91. The topological polar surface area (TPSA) is 41.6 Å². The number of nitrogens with one attached hydrogen (secondary N) is 1. The van der Waals surface area contributed by atoms with Gasteiger partial charge in [0, 0.05) is 5.56 Å². The minimum Gasteiger partial charge on any atom is -0.258 e. The monoisotopic (exact) mass is 241 g/mol. The maximum absolute atomic E-state index is 12.8. The van der Waals surface area contributed by atoms with E-state index in [1.165, 1.54) is 12.1 Å². The molecular weight excluding hydrogens is 237 g/mol. The normalized spacial score (nSPS) is 10.3. The molecule has 0 saturated heterocycles. The van der Waals surface area contributed by atoms with E-state index >= 15 is 0 Å². The minimum absolute atomic E-state index is 0.287. The molecule has 0 aliphatic heterocycles. The Hall–Kier alpha value is -1.23. The van der Waals surface area contributed by atoms with Crippen LogP contribution >= 0.6 is 15.9 Å². The third kappa shape index (κ3) is 1.75. The van der Waals surface area contributed by atoms with Gasteiger partial charge in [0.1, 0.15) is 5.82 Å². The molecular formula is C8H5BrFN3. The summed E-state index contributed by atoms with van der Waals surface area (Å²) in [6.07, 6.45) is 0. The summed E-state index contributed by atoms with van der Waals surface area (Å²) in [5, 5.41) is 6.46. The van der Waals surface area contributed by atoms with Crippen LogP contribution in [-0.4, -0.2) is 15.2 Å². The molecule has 3 nitrogen and oxygen atoms in total. The zero-order valence-electron chi connectivity index (χ0n) is 6.46. The van der Waals surface area contributed by atoms with Crippen LogP contribution in [0.1, 0.15) is 0 Å². The Bertz CT molecular complexity index is 427. The number of rotatable bonds is 1. The van der Waals surface area contributed by atoms with Crippen LogP contribution in [0.4, 0.5) is 4.39 Å². The average molecular weight is 242 g/mol. The second kappa shape index (κ2) is 3.26. The van der Waals surface area contributed by atoms with Gasteiger partial charge in [-0.25, -0.2) is 9.37 Å². The highest BCUT2D eigenvalue weighted by molar-refractivity contribution is 9.10. The molecule has 2 rings (SSSR count). The van der Waals surface area contributed by atoms with Crippen molar-refractivity contribution in [1.29, 1.82) is 0 Å². The summed E-state index contributed by atoms with van der Waals surface area (Å²) < 4.78 is 13.3. The summed E-state index contributed by atoms with van der Waals surface area (Å²) in [5.74, 6) is 0.261. The predicted octanol–water partition coefficient (Wildman–Crippen LogP) is 2.37. The molecule has 1 aromatic heterocycles. The fourth-order valence-electron chi connectivity index (χ4n) is 1.01. The second-order valence-electron chi connectivity index (χ2n) is 2.46. The standard InChI is InChI=1S/C8H5BrFN3/c9-8-11-7(12-13-8)5-2-1-3-6(10)4-5/h1-4H,(H,11,12,13). The lowest BCUT2D eigenvalue weighted by Gasteiger charge is -1.94. The molecule has 1 aromatic carbocycles. The van der Waals surface area contributed by atoms with Crippen LogP contribution in [0.2, 0.25) is 0 Å². The van der Waals surface area contributed by atoms with Crippen molar-refractivity contribution in [2.24, 2.45) is 0 Å². The van der Waals surface area contributed by atoms with Gasteiger partial charge in [-0.2, -0.15) is 0 Å². The molecule has 0 amide bonds. The first-order valence-electron chi connectivity index (χ1n) is 3.59. The van der Waals surface area contributed by atoms with Gasteiger partial charge < -0.3 is 0 Å². The molecule has 2 aromatic rings. The van der Waals surface area contributed by atoms with Gasteiger partial charge in [-0.15, -0.1) is 5.10 Å². The number of aromatic nitrogens is 3. The van der Waals surface area contributed by atoms with Gasteiger partial charge >= 0.3 is 0 Å². The van der Waals surface area contributed by atoms with Crippen LogP contribution in [-0.2, 0) is 0 Å². The van der Waals surface area contributed by atoms with E-state index in [9.17, 15) is 4.39 Å². The zero-order valence-corrected chi connectivity index (χ0v) is 8.05. The van der Waals surface area contributed by atoms with Gasteiger partial charge in [0.05, 0.1) is 0 Å². The fraction of sp³-hybridized carbons (Fsp3) is 0. The molecule has 0 spiro atoms. The smallest absolute Gasteiger partial charge is 0.217 e. The molecule has 0 atom stereocenters. The maximum atomic E-state index is 12.8. The first kappa shape index (κ1) is 8.37. The van der Waals surface area contributed by atoms with Crippen molar-refractivity contribution in [3.63, 3.8) is 0 Å². The highest BCUT2D eigenvalue weighted by Crippen LogP contribution is 2.16. The summed E-state index contributed by atoms with van der Waals surface area (Å²) in [7, 11) is 0. The molecule has 13 heavy (non-hydrogen) atoms. The number of hydrogen-bond acceptors (Lipinski definition) is 2. The van der Waals surface area contributed by atoms with E-state index in [-0.39, 0.29) is 5.82 Å². The van der Waals surface area contributed by atoms with Crippen molar-refractivity contribution in [3.05, 3.63) is 34.8 Å². The van der Waals surface area contributed by atoms with Crippen molar-refractivity contribution in [2.75, 3.05) is 0 Å². The van der Waals surface area contributed by atoms with E-state index in [1.807, 2.05) is 0 Å². The van der Waals surface area contributed by atoms with E-state index in [0.717, 1.165) is 0 Å². The Kier molecular flexibility index (Phi) is 2.10. The molecule has 0 bridgehead atoms. The zero-order chi connectivity index (χ0) is 9.26. The van der Waals surface area contributed by atoms with Gasteiger partial charge in [0.2, 0.25) is 4.73 Å². The Morgan fingerprint density at radius 3 is 2.85 bits per heavy atom. The summed E-state index contributed by atoms with van der Waals surface area (Å²) >= 11 is 3.10. The highest BCUT2D eigenvalue weighted by atomic mass is 79.9. The molecule has 1 heterocycles. The van der Waals surface area contributed by atoms with Gasteiger partial charge in [-0.05, 0) is 28.1 Å². The number of benzene rings is 1. The van der Waals surface area contributed by atoms with E-state index in [2.05, 4.69) is 31.1 Å². The Balaban J connectivity index is 2.46. The molecule has 0 saturated carbocycles. The van der Waals surface area contributed by atoms with Crippen LogP contribution in [0, 0.1) is 5.82 Å². The van der Waals surface area contributed by atoms with Gasteiger partial charge in [-0.3, -0.25) is 5.10 Å². The summed E-state index contributed by atoms with van der Waals surface area (Å²) in [4.78, 5) is 4.01. The molecule has 0 unspecified atom stereocenters. The first-order valence-corrected chi connectivity index (χ1v) is 4.39. The third-order valence-electron chi connectivity index (χ3n) is 1.56. The molecule has 66 valence electrons. The van der Waals surface area contributed by atoms with Crippen molar-refractivity contribution in [3.8, 4) is 11.4 Å². The molecule has 5 heteroatoms. The quantitative estimate of drug-likeness (QED) is 0.833. The van der Waals surface area contributed by atoms with E-state index in [0.29, 0.717) is 16.1 Å². The predicted molar refractivity (Wildman–Crippen MR) is 49.5 cm³/mol. The van der Waals surface area contributed by atoms with E-state index in [1.54, 1.807) is 12.1 Å². The lowest BCUT2D eigenvalue weighted by molar-refractivity contribution is 0.628. The molecule has 0 aliphatic carbocycles. The van der Waals surface area contributed by atoms with Crippen LogP contribution in [0.25, 0.3) is 11.4 Å². The van der Waals surface area contributed by atoms with Crippen LogP contribution < -0.4 is 0 Å². The molecule has 0 aliphatic rings. The van der Waals surface area contributed by atoms with Gasteiger partial charge in [-0.1, -0.05) is 12.1 Å². The number of hydrogen-bond donors (Lipinski definition) is 1. The lowest BCUT2D eigenvalue weighted by atomic mass is 10.2. The largest absolute Gasteiger partial charge is 0.258 e. The van der Waals surface area contributed by atoms with Crippen molar-refractivity contribution in [1.82, 2.24) is 15.2 Å². The minimum atomic E-state index is -0.287. The van der Waals surface area contributed by atoms with E-state index in [4.69, 9.17) is 0 Å². The van der Waals surface area contributed by atoms with E-state index < -0.39 is 0 Å². The first-order chi connectivity index (χ1) is 6.25. The number of halogens is 2. The summed E-state index contributed by atoms with van der Waals surface area (Å²) in [6, 6.07) is 6.17. The van der Waals surface area contributed by atoms with Crippen LogP contribution in [0.3, 0.4) is 0 Å². The lowest BCUT2D eigenvalue weighted by Crippen LogP contribution is -1.81. The van der Waals surface area contributed by atoms with Crippen molar-refractivity contribution >= 4 is 15.9 Å². The Morgan fingerprint density at radius 2 is 2.23 bits per heavy atom. The highest BCUT2D eigenvalue weighted by Gasteiger charge is 2.03. The number of nitrogens with zero attached hydrogens (tertiary/aromatic N) is 2.